The van der Waals surface area contributed by atoms with Crippen LogP contribution in [0.5, 0.6) is 5.75 Å². The third kappa shape index (κ3) is 3.33. The number of hydrogen-bond donors (Lipinski definition) is 2. The second-order valence-corrected chi connectivity index (χ2v) is 6.50. The molecule has 1 spiro atoms. The Hall–Kier alpha value is -1.06. The zero-order chi connectivity index (χ0) is 13.8. The smallest absolute Gasteiger partial charge is 0.115 e. The highest BCUT2D eigenvalue weighted by Crippen LogP contribution is 2.30. The number of aromatic hydroxyl groups is 1. The van der Waals surface area contributed by atoms with Crippen LogP contribution in [0.2, 0.25) is 0 Å². The van der Waals surface area contributed by atoms with Gasteiger partial charge in [0.05, 0.1) is 0 Å². The van der Waals surface area contributed by atoms with E-state index in [9.17, 15) is 5.11 Å². The average molecular weight is 274 g/mol. The topological polar surface area (TPSA) is 35.5 Å². The fourth-order valence-electron chi connectivity index (χ4n) is 3.78. The summed E-state index contributed by atoms with van der Waals surface area (Å²) in [5, 5.41) is 13.2. The van der Waals surface area contributed by atoms with Gasteiger partial charge in [-0.05, 0) is 50.0 Å². The first kappa shape index (κ1) is 13.9. The molecule has 0 atom stereocenters. The second-order valence-electron chi connectivity index (χ2n) is 6.50. The van der Waals surface area contributed by atoms with Gasteiger partial charge in [0.25, 0.3) is 0 Å². The van der Waals surface area contributed by atoms with Crippen LogP contribution in [0.1, 0.15) is 44.1 Å². The summed E-state index contributed by atoms with van der Waals surface area (Å²) in [5.74, 6) is 0.357. The SMILES string of the molecule is Oc1ccc(CN2CCCNC3(CCCCC3)C2)cc1. The third-order valence-electron chi connectivity index (χ3n) is 4.83. The molecule has 3 rings (SSSR count). The van der Waals surface area contributed by atoms with Crippen LogP contribution in [0.3, 0.4) is 0 Å². The van der Waals surface area contributed by atoms with Crippen LogP contribution in [0.4, 0.5) is 0 Å². The van der Waals surface area contributed by atoms with Crippen LogP contribution in [0.25, 0.3) is 0 Å². The number of phenols is 1. The first-order chi connectivity index (χ1) is 9.76. The van der Waals surface area contributed by atoms with Crippen LogP contribution >= 0.6 is 0 Å². The maximum atomic E-state index is 9.38. The average Bonchev–Trinajstić information content (AvgIpc) is 2.65. The van der Waals surface area contributed by atoms with Gasteiger partial charge in [0.15, 0.2) is 0 Å². The van der Waals surface area contributed by atoms with Crippen molar-refractivity contribution >= 4 is 0 Å². The number of benzene rings is 1. The van der Waals surface area contributed by atoms with Crippen molar-refractivity contribution in [3.05, 3.63) is 29.8 Å². The van der Waals surface area contributed by atoms with Crippen molar-refractivity contribution in [2.75, 3.05) is 19.6 Å². The molecule has 110 valence electrons. The molecule has 20 heavy (non-hydrogen) atoms. The molecule has 1 aliphatic carbocycles. The minimum Gasteiger partial charge on any atom is -0.508 e. The second kappa shape index (κ2) is 6.15. The predicted molar refractivity (Wildman–Crippen MR) is 81.8 cm³/mol. The van der Waals surface area contributed by atoms with Crippen LogP contribution in [0.15, 0.2) is 24.3 Å². The lowest BCUT2D eigenvalue weighted by molar-refractivity contribution is 0.159. The van der Waals surface area contributed by atoms with Crippen molar-refractivity contribution in [2.45, 2.75) is 50.6 Å². The quantitative estimate of drug-likeness (QED) is 0.870. The van der Waals surface area contributed by atoms with E-state index in [1.807, 2.05) is 12.1 Å². The van der Waals surface area contributed by atoms with Crippen molar-refractivity contribution in [1.29, 1.82) is 0 Å². The maximum absolute atomic E-state index is 9.38. The summed E-state index contributed by atoms with van der Waals surface area (Å²) in [5.41, 5.74) is 1.67. The van der Waals surface area contributed by atoms with Crippen LogP contribution in [-0.4, -0.2) is 35.2 Å². The summed E-state index contributed by atoms with van der Waals surface area (Å²) in [4.78, 5) is 2.59. The molecule has 3 heteroatoms. The molecule has 0 aromatic heterocycles. The highest BCUT2D eigenvalue weighted by atomic mass is 16.3. The Morgan fingerprint density at radius 2 is 1.80 bits per heavy atom. The van der Waals surface area contributed by atoms with Crippen molar-refractivity contribution in [3.63, 3.8) is 0 Å². The Balaban J connectivity index is 1.67. The summed E-state index contributed by atoms with van der Waals surface area (Å²) >= 11 is 0. The first-order valence-electron chi connectivity index (χ1n) is 8.01. The van der Waals surface area contributed by atoms with Crippen LogP contribution in [-0.2, 0) is 6.54 Å². The molecule has 1 aliphatic heterocycles. The normalized spacial score (nSPS) is 23.6. The Bertz CT molecular complexity index is 423. The monoisotopic (exact) mass is 274 g/mol. The van der Waals surface area contributed by atoms with E-state index in [1.165, 1.54) is 57.2 Å². The largest absolute Gasteiger partial charge is 0.508 e. The number of nitrogens with one attached hydrogen (secondary N) is 1. The van der Waals surface area contributed by atoms with E-state index in [-0.39, 0.29) is 0 Å². The molecule has 0 unspecified atom stereocenters. The van der Waals surface area contributed by atoms with Gasteiger partial charge in [0.1, 0.15) is 5.75 Å². The van der Waals surface area contributed by atoms with Crippen LogP contribution < -0.4 is 5.32 Å². The summed E-state index contributed by atoms with van der Waals surface area (Å²) in [7, 11) is 0. The number of hydrogen-bond acceptors (Lipinski definition) is 3. The number of nitrogens with zero attached hydrogens (tertiary/aromatic N) is 1. The molecule has 0 bridgehead atoms. The first-order valence-corrected chi connectivity index (χ1v) is 8.01. The van der Waals surface area contributed by atoms with E-state index in [0.29, 0.717) is 11.3 Å². The van der Waals surface area contributed by atoms with E-state index in [2.05, 4.69) is 10.2 Å². The molecule has 1 aromatic carbocycles. The van der Waals surface area contributed by atoms with E-state index in [4.69, 9.17) is 0 Å². The molecule has 2 aliphatic rings. The van der Waals surface area contributed by atoms with Crippen molar-refractivity contribution < 1.29 is 5.11 Å². The zero-order valence-corrected chi connectivity index (χ0v) is 12.3. The molecule has 1 saturated heterocycles. The predicted octanol–water partition coefficient (Wildman–Crippen LogP) is 2.89. The maximum Gasteiger partial charge on any atom is 0.115 e. The molecule has 2 N–H and O–H groups in total. The molecule has 0 radical (unpaired) electrons. The van der Waals surface area contributed by atoms with E-state index in [1.54, 1.807) is 12.1 Å². The van der Waals surface area contributed by atoms with Gasteiger partial charge >= 0.3 is 0 Å². The van der Waals surface area contributed by atoms with E-state index >= 15 is 0 Å². The Kier molecular flexibility index (Phi) is 4.27. The fourth-order valence-corrected chi connectivity index (χ4v) is 3.78. The van der Waals surface area contributed by atoms with Crippen molar-refractivity contribution in [3.8, 4) is 5.75 Å². The molecular formula is C17H26N2O. The van der Waals surface area contributed by atoms with Gasteiger partial charge in [0.2, 0.25) is 0 Å². The fraction of sp³-hybridized carbons (Fsp3) is 0.647. The zero-order valence-electron chi connectivity index (χ0n) is 12.3. The summed E-state index contributed by atoms with van der Waals surface area (Å²) in [6, 6.07) is 7.67. The van der Waals surface area contributed by atoms with Gasteiger partial charge in [-0.25, -0.2) is 0 Å². The molecule has 3 nitrogen and oxygen atoms in total. The number of phenolic OH excluding ortho intramolecular Hbond substituents is 1. The lowest BCUT2D eigenvalue weighted by atomic mass is 9.81. The lowest BCUT2D eigenvalue weighted by Crippen LogP contribution is -2.52. The van der Waals surface area contributed by atoms with Gasteiger partial charge in [-0.3, -0.25) is 4.90 Å². The Labute approximate surface area is 122 Å². The minimum absolute atomic E-state index is 0.357. The highest BCUT2D eigenvalue weighted by molar-refractivity contribution is 5.25. The Morgan fingerprint density at radius 3 is 2.55 bits per heavy atom. The van der Waals surface area contributed by atoms with Crippen molar-refractivity contribution in [2.24, 2.45) is 0 Å². The van der Waals surface area contributed by atoms with Gasteiger partial charge in [-0.1, -0.05) is 31.4 Å². The summed E-state index contributed by atoms with van der Waals surface area (Å²) in [6.07, 6.45) is 8.06. The molecule has 1 heterocycles. The van der Waals surface area contributed by atoms with Crippen LogP contribution in [0, 0.1) is 0 Å². The van der Waals surface area contributed by atoms with Gasteiger partial charge in [-0.15, -0.1) is 0 Å². The standard InChI is InChI=1S/C17H26N2O/c20-16-7-5-15(6-8-16)13-19-12-4-11-18-17(14-19)9-2-1-3-10-17/h5-8,18,20H,1-4,9-14H2. The summed E-state index contributed by atoms with van der Waals surface area (Å²) < 4.78 is 0. The summed E-state index contributed by atoms with van der Waals surface area (Å²) in [6.45, 7) is 4.51. The molecule has 2 fully saturated rings. The van der Waals surface area contributed by atoms with E-state index in [0.717, 1.165) is 13.1 Å². The molecule has 1 saturated carbocycles. The highest BCUT2D eigenvalue weighted by Gasteiger charge is 2.34. The third-order valence-corrected chi connectivity index (χ3v) is 4.83. The molecule has 1 aromatic rings. The molecular weight excluding hydrogens is 248 g/mol. The lowest BCUT2D eigenvalue weighted by Gasteiger charge is -2.40. The number of rotatable bonds is 2. The van der Waals surface area contributed by atoms with Crippen molar-refractivity contribution in [1.82, 2.24) is 10.2 Å². The van der Waals surface area contributed by atoms with Gasteiger partial charge in [-0.2, -0.15) is 0 Å². The van der Waals surface area contributed by atoms with E-state index < -0.39 is 0 Å². The molecule has 0 amide bonds. The Morgan fingerprint density at radius 1 is 1.05 bits per heavy atom. The minimum atomic E-state index is 0.357. The van der Waals surface area contributed by atoms with Gasteiger partial charge in [0, 0.05) is 18.6 Å². The van der Waals surface area contributed by atoms with Gasteiger partial charge < -0.3 is 10.4 Å².